The van der Waals surface area contributed by atoms with E-state index in [9.17, 15) is 0 Å². The second-order valence-electron chi connectivity index (χ2n) is 5.33. The Kier molecular flexibility index (Phi) is 4.73. The first-order valence-corrected chi connectivity index (χ1v) is 8.63. The molecule has 1 aromatic heterocycles. The van der Waals surface area contributed by atoms with Gasteiger partial charge in [0.25, 0.3) is 0 Å². The monoisotopic (exact) mass is 314 g/mol. The van der Waals surface area contributed by atoms with Crippen molar-refractivity contribution in [2.45, 2.75) is 26.2 Å². The summed E-state index contributed by atoms with van der Waals surface area (Å²) in [5, 5.41) is 4.67. The van der Waals surface area contributed by atoms with Gasteiger partial charge in [-0.1, -0.05) is 25.1 Å². The SMILES string of the molecule is CCc1cnc(CCNC(=NC)N2CCc3ccccc32)s1. The lowest BCUT2D eigenvalue weighted by Gasteiger charge is -2.22. The Hall–Kier alpha value is -1.88. The van der Waals surface area contributed by atoms with Crippen molar-refractivity contribution in [3.05, 3.63) is 45.9 Å². The average Bonchev–Trinajstić information content (AvgIpc) is 3.18. The number of guanidine groups is 1. The van der Waals surface area contributed by atoms with Gasteiger partial charge in [-0.3, -0.25) is 4.99 Å². The number of nitrogens with zero attached hydrogens (tertiary/aromatic N) is 3. The Morgan fingerprint density at radius 2 is 2.27 bits per heavy atom. The quantitative estimate of drug-likeness (QED) is 0.697. The molecule has 0 unspecified atom stereocenters. The van der Waals surface area contributed by atoms with Crippen LogP contribution in [-0.2, 0) is 19.3 Å². The fourth-order valence-corrected chi connectivity index (χ4v) is 3.62. The van der Waals surface area contributed by atoms with Gasteiger partial charge in [-0.2, -0.15) is 0 Å². The molecule has 2 heterocycles. The van der Waals surface area contributed by atoms with E-state index in [1.807, 2.05) is 24.6 Å². The highest BCUT2D eigenvalue weighted by atomic mass is 32.1. The molecular formula is C17H22N4S. The standard InChI is InChI=1S/C17H22N4S/c1-3-14-12-20-16(22-14)8-10-19-17(18-2)21-11-9-13-6-4-5-7-15(13)21/h4-7,12H,3,8-11H2,1-2H3,(H,18,19). The normalized spacial score (nSPS) is 14.3. The Morgan fingerprint density at radius 3 is 3.05 bits per heavy atom. The predicted octanol–water partition coefficient (Wildman–Crippen LogP) is 2.89. The first kappa shape index (κ1) is 15.0. The van der Waals surface area contributed by atoms with Crippen LogP contribution >= 0.6 is 11.3 Å². The number of aromatic nitrogens is 1. The van der Waals surface area contributed by atoms with Crippen molar-refractivity contribution >= 4 is 23.0 Å². The number of hydrogen-bond acceptors (Lipinski definition) is 3. The van der Waals surface area contributed by atoms with E-state index in [4.69, 9.17) is 0 Å². The smallest absolute Gasteiger partial charge is 0.198 e. The van der Waals surface area contributed by atoms with Crippen LogP contribution in [0.1, 0.15) is 22.4 Å². The molecule has 1 aromatic carbocycles. The van der Waals surface area contributed by atoms with Crippen LogP contribution in [0.2, 0.25) is 0 Å². The minimum Gasteiger partial charge on any atom is -0.356 e. The van der Waals surface area contributed by atoms with Crippen LogP contribution in [0.15, 0.2) is 35.5 Å². The highest BCUT2D eigenvalue weighted by Gasteiger charge is 2.22. The van der Waals surface area contributed by atoms with Crippen LogP contribution in [0.25, 0.3) is 0 Å². The van der Waals surface area contributed by atoms with E-state index < -0.39 is 0 Å². The Bertz CT molecular complexity index is 662. The van der Waals surface area contributed by atoms with E-state index in [1.165, 1.54) is 21.1 Å². The van der Waals surface area contributed by atoms with Crippen molar-refractivity contribution in [3.63, 3.8) is 0 Å². The van der Waals surface area contributed by atoms with Gasteiger partial charge in [-0.05, 0) is 24.5 Å². The summed E-state index contributed by atoms with van der Waals surface area (Å²) in [6.45, 7) is 4.03. The van der Waals surface area contributed by atoms with Gasteiger partial charge in [0.15, 0.2) is 5.96 Å². The zero-order valence-corrected chi connectivity index (χ0v) is 14.0. The predicted molar refractivity (Wildman–Crippen MR) is 94.0 cm³/mol. The van der Waals surface area contributed by atoms with Crippen molar-refractivity contribution in [2.24, 2.45) is 4.99 Å². The third kappa shape index (κ3) is 3.14. The number of nitrogens with one attached hydrogen (secondary N) is 1. The number of aliphatic imine (C=N–C) groups is 1. The zero-order chi connectivity index (χ0) is 15.4. The fourth-order valence-electron chi connectivity index (χ4n) is 2.76. The number of thiazole rings is 1. The molecule has 1 aliphatic rings. The number of fused-ring (bicyclic) bond motifs is 1. The topological polar surface area (TPSA) is 40.5 Å². The summed E-state index contributed by atoms with van der Waals surface area (Å²) < 4.78 is 0. The summed E-state index contributed by atoms with van der Waals surface area (Å²) in [4.78, 5) is 12.5. The molecule has 22 heavy (non-hydrogen) atoms. The number of hydrogen-bond donors (Lipinski definition) is 1. The maximum atomic E-state index is 4.47. The molecular weight excluding hydrogens is 292 g/mol. The number of rotatable bonds is 4. The van der Waals surface area contributed by atoms with Crippen LogP contribution < -0.4 is 10.2 Å². The third-order valence-electron chi connectivity index (χ3n) is 3.93. The first-order valence-electron chi connectivity index (χ1n) is 7.81. The van der Waals surface area contributed by atoms with Crippen molar-refractivity contribution < 1.29 is 0 Å². The summed E-state index contributed by atoms with van der Waals surface area (Å²) in [5.74, 6) is 0.956. The van der Waals surface area contributed by atoms with E-state index in [-0.39, 0.29) is 0 Å². The van der Waals surface area contributed by atoms with E-state index in [0.29, 0.717) is 0 Å². The second-order valence-corrected chi connectivity index (χ2v) is 6.53. The molecule has 0 spiro atoms. The molecule has 3 rings (SSSR count). The number of anilines is 1. The molecule has 1 N–H and O–H groups in total. The highest BCUT2D eigenvalue weighted by Crippen LogP contribution is 2.27. The molecule has 2 aromatic rings. The van der Waals surface area contributed by atoms with Crippen LogP contribution in [0.4, 0.5) is 5.69 Å². The molecule has 0 radical (unpaired) electrons. The van der Waals surface area contributed by atoms with Crippen LogP contribution in [0.3, 0.4) is 0 Å². The number of para-hydroxylation sites is 1. The molecule has 0 amide bonds. The summed E-state index contributed by atoms with van der Waals surface area (Å²) in [5.41, 5.74) is 2.68. The molecule has 1 aliphatic heterocycles. The lowest BCUT2D eigenvalue weighted by molar-refractivity contribution is 0.831. The Labute approximate surface area is 135 Å². The summed E-state index contributed by atoms with van der Waals surface area (Å²) in [6.07, 6.45) is 5.09. The van der Waals surface area contributed by atoms with Gasteiger partial charge < -0.3 is 10.2 Å². The third-order valence-corrected chi connectivity index (χ3v) is 5.13. The zero-order valence-electron chi connectivity index (χ0n) is 13.2. The van der Waals surface area contributed by atoms with Crippen molar-refractivity contribution in [2.75, 3.05) is 25.0 Å². The minimum absolute atomic E-state index is 0.863. The maximum absolute atomic E-state index is 4.47. The minimum atomic E-state index is 0.863. The number of aryl methyl sites for hydroxylation is 1. The van der Waals surface area contributed by atoms with Gasteiger partial charge in [-0.15, -0.1) is 11.3 Å². The lowest BCUT2D eigenvalue weighted by Crippen LogP contribution is -2.41. The molecule has 0 bridgehead atoms. The molecule has 4 nitrogen and oxygen atoms in total. The Morgan fingerprint density at radius 1 is 1.41 bits per heavy atom. The van der Waals surface area contributed by atoms with Gasteiger partial charge in [0.1, 0.15) is 0 Å². The maximum Gasteiger partial charge on any atom is 0.198 e. The Balaban J connectivity index is 1.59. The largest absolute Gasteiger partial charge is 0.356 e. The van der Waals surface area contributed by atoms with Gasteiger partial charge in [0.05, 0.1) is 5.01 Å². The van der Waals surface area contributed by atoms with E-state index in [1.54, 1.807) is 0 Å². The van der Waals surface area contributed by atoms with Crippen molar-refractivity contribution in [1.82, 2.24) is 10.3 Å². The first-order chi connectivity index (χ1) is 10.8. The van der Waals surface area contributed by atoms with E-state index in [2.05, 4.69) is 51.4 Å². The molecule has 0 atom stereocenters. The van der Waals surface area contributed by atoms with Gasteiger partial charge in [-0.25, -0.2) is 4.98 Å². The van der Waals surface area contributed by atoms with Crippen molar-refractivity contribution in [1.29, 1.82) is 0 Å². The van der Waals surface area contributed by atoms with Gasteiger partial charge in [0, 0.05) is 43.3 Å². The summed E-state index contributed by atoms with van der Waals surface area (Å²) in [6, 6.07) is 8.56. The summed E-state index contributed by atoms with van der Waals surface area (Å²) >= 11 is 1.81. The average molecular weight is 314 g/mol. The number of benzene rings is 1. The van der Waals surface area contributed by atoms with Gasteiger partial charge >= 0.3 is 0 Å². The van der Waals surface area contributed by atoms with Crippen molar-refractivity contribution in [3.8, 4) is 0 Å². The molecule has 0 aliphatic carbocycles. The molecule has 5 heteroatoms. The van der Waals surface area contributed by atoms with E-state index >= 15 is 0 Å². The summed E-state index contributed by atoms with van der Waals surface area (Å²) in [7, 11) is 1.85. The van der Waals surface area contributed by atoms with Gasteiger partial charge in [0.2, 0.25) is 0 Å². The van der Waals surface area contributed by atoms with Crippen LogP contribution in [0, 0.1) is 0 Å². The highest BCUT2D eigenvalue weighted by molar-refractivity contribution is 7.11. The lowest BCUT2D eigenvalue weighted by atomic mass is 10.2. The molecule has 116 valence electrons. The molecule has 0 fully saturated rings. The van der Waals surface area contributed by atoms with E-state index in [0.717, 1.165) is 38.3 Å². The molecule has 0 saturated carbocycles. The van der Waals surface area contributed by atoms with Crippen LogP contribution in [-0.4, -0.2) is 31.1 Å². The second kappa shape index (κ2) is 6.92. The molecule has 0 saturated heterocycles. The van der Waals surface area contributed by atoms with Crippen LogP contribution in [0.5, 0.6) is 0 Å². The fraction of sp³-hybridized carbons (Fsp3) is 0.412.